The van der Waals surface area contributed by atoms with Crippen molar-refractivity contribution in [1.29, 1.82) is 0 Å². The number of nitrogens with zero attached hydrogens (tertiary/aromatic N) is 3. The molecule has 1 aromatic heterocycles. The molecule has 1 N–H and O–H groups in total. The van der Waals surface area contributed by atoms with Crippen LogP contribution in [0, 0.1) is 0 Å². The van der Waals surface area contributed by atoms with Crippen LogP contribution < -0.4 is 4.74 Å². The van der Waals surface area contributed by atoms with E-state index in [4.69, 9.17) is 4.74 Å². The fourth-order valence-electron chi connectivity index (χ4n) is 5.19. The minimum atomic E-state index is -0.666. The third kappa shape index (κ3) is 4.78. The molecule has 7 nitrogen and oxygen atoms in total. The first-order chi connectivity index (χ1) is 17.6. The van der Waals surface area contributed by atoms with E-state index in [9.17, 15) is 14.7 Å². The quantitative estimate of drug-likeness (QED) is 0.293. The number of rotatable bonds is 6. The molecule has 2 aliphatic rings. The number of likely N-dealkylation sites (tertiary alicyclic amines) is 1. The number of aromatic nitrogens is 2. The Kier molecular flexibility index (Phi) is 6.40. The Labute approximate surface area is 217 Å². The molecule has 1 amide bonds. The molecule has 7 heteroatoms. The van der Waals surface area contributed by atoms with Crippen molar-refractivity contribution in [3.05, 3.63) is 89.0 Å². The lowest BCUT2D eigenvalue weighted by Gasteiger charge is -2.26. The molecule has 0 radical (unpaired) electrons. The molecule has 0 bridgehead atoms. The second-order valence-corrected chi connectivity index (χ2v) is 11.0. The van der Waals surface area contributed by atoms with Crippen LogP contribution in [-0.4, -0.2) is 43.9 Å². The van der Waals surface area contributed by atoms with Gasteiger partial charge in [-0.25, -0.2) is 4.98 Å². The number of fused-ring (bicyclic) bond motifs is 1. The zero-order valence-corrected chi connectivity index (χ0v) is 21.8. The summed E-state index contributed by atoms with van der Waals surface area (Å²) in [6.07, 6.45) is 6.76. The molecular formula is C30H33N3O4. The summed E-state index contributed by atoms with van der Waals surface area (Å²) in [5, 5.41) is 11.4. The third-order valence-corrected chi connectivity index (χ3v) is 7.18. The van der Waals surface area contributed by atoms with Crippen molar-refractivity contribution in [3.63, 3.8) is 0 Å². The molecule has 1 fully saturated rings. The number of aliphatic hydroxyl groups excluding tert-OH is 1. The second-order valence-electron chi connectivity index (χ2n) is 11.0. The summed E-state index contributed by atoms with van der Waals surface area (Å²) in [5.74, 6) is -0.605. The van der Waals surface area contributed by atoms with Crippen LogP contribution in [0.4, 0.5) is 0 Å². The first kappa shape index (κ1) is 24.8. The fourth-order valence-corrected chi connectivity index (χ4v) is 5.19. The predicted octanol–water partition coefficient (Wildman–Crippen LogP) is 5.02. The Balaban J connectivity index is 1.54. The maximum atomic E-state index is 13.4. The van der Waals surface area contributed by atoms with Crippen molar-refractivity contribution in [1.82, 2.24) is 14.5 Å². The molecule has 3 heterocycles. The molecule has 2 atom stereocenters. The highest BCUT2D eigenvalue weighted by Gasteiger charge is 2.46. The summed E-state index contributed by atoms with van der Waals surface area (Å²) < 4.78 is 7.73. The number of hydrogen-bond acceptors (Lipinski definition) is 5. The number of aliphatic hydroxyl groups is 1. The highest BCUT2D eigenvalue weighted by molar-refractivity contribution is 6.46. The number of ether oxygens (including phenoxy) is 1. The van der Waals surface area contributed by atoms with Gasteiger partial charge < -0.3 is 19.3 Å². The van der Waals surface area contributed by atoms with Gasteiger partial charge in [0.2, 0.25) is 0 Å². The zero-order valence-electron chi connectivity index (χ0n) is 21.8. The van der Waals surface area contributed by atoms with Crippen molar-refractivity contribution in [2.75, 3.05) is 6.54 Å². The van der Waals surface area contributed by atoms with Gasteiger partial charge in [-0.2, -0.15) is 0 Å². The summed E-state index contributed by atoms with van der Waals surface area (Å²) in [5.41, 5.74) is 3.55. The second kappa shape index (κ2) is 9.54. The molecule has 37 heavy (non-hydrogen) atoms. The van der Waals surface area contributed by atoms with Crippen molar-refractivity contribution >= 4 is 17.4 Å². The first-order valence-electron chi connectivity index (χ1n) is 12.8. The fraction of sp³-hybridized carbons (Fsp3) is 0.367. The number of amides is 1. The molecular weight excluding hydrogens is 466 g/mol. The standard InChI is InChI=1S/C30H33N3O4/c1-19-16-22-17-21(8-11-24(22)37-19)27(34)25-26(20-6-9-23(10-7-20)30(2,3)4)33(29(36)28(25)35)14-5-13-32-15-12-31-18-32/h6-12,15,17-19,26,34H,5,13-14,16H2,1-4H3/b27-25+. The number of Topliss-reactive ketones (excluding diaryl/α,β-unsaturated/α-hetero) is 1. The number of ketones is 1. The van der Waals surface area contributed by atoms with Gasteiger partial charge in [-0.3, -0.25) is 9.59 Å². The maximum absolute atomic E-state index is 13.4. The average molecular weight is 500 g/mol. The minimum Gasteiger partial charge on any atom is -0.507 e. The number of imidazole rings is 1. The monoisotopic (exact) mass is 499 g/mol. The maximum Gasteiger partial charge on any atom is 0.295 e. The number of carbonyl (C=O) groups is 2. The van der Waals surface area contributed by atoms with Gasteiger partial charge in [0.1, 0.15) is 17.6 Å². The molecule has 5 rings (SSSR count). The van der Waals surface area contributed by atoms with Crippen molar-refractivity contribution in [2.45, 2.75) is 64.6 Å². The van der Waals surface area contributed by atoms with E-state index in [0.29, 0.717) is 25.1 Å². The SMILES string of the molecule is CC1Cc2cc(/C(O)=C3\C(=O)C(=O)N(CCCn4ccnc4)C3c3ccc(C(C)(C)C)cc3)ccc2O1. The van der Waals surface area contributed by atoms with Crippen LogP contribution in [0.15, 0.2) is 66.8 Å². The Hall–Kier alpha value is -3.87. The summed E-state index contributed by atoms with van der Waals surface area (Å²) in [4.78, 5) is 32.3. The van der Waals surface area contributed by atoms with Gasteiger partial charge in [-0.15, -0.1) is 0 Å². The van der Waals surface area contributed by atoms with Gasteiger partial charge in [0, 0.05) is 37.5 Å². The van der Waals surface area contributed by atoms with E-state index in [1.54, 1.807) is 23.5 Å². The summed E-state index contributed by atoms with van der Waals surface area (Å²) in [7, 11) is 0. The Morgan fingerprint density at radius 1 is 1.11 bits per heavy atom. The molecule has 3 aromatic rings. The third-order valence-electron chi connectivity index (χ3n) is 7.18. The minimum absolute atomic E-state index is 0.0330. The number of carbonyl (C=O) groups excluding carboxylic acids is 2. The van der Waals surface area contributed by atoms with Crippen molar-refractivity contribution < 1.29 is 19.4 Å². The van der Waals surface area contributed by atoms with Gasteiger partial charge in [0.15, 0.2) is 0 Å². The molecule has 2 unspecified atom stereocenters. The molecule has 1 saturated heterocycles. The summed E-state index contributed by atoms with van der Waals surface area (Å²) in [6.45, 7) is 9.46. The lowest BCUT2D eigenvalue weighted by Crippen LogP contribution is -2.31. The van der Waals surface area contributed by atoms with Crippen LogP contribution in [0.5, 0.6) is 5.75 Å². The summed E-state index contributed by atoms with van der Waals surface area (Å²) in [6, 6.07) is 12.8. The van der Waals surface area contributed by atoms with Crippen LogP contribution in [0.2, 0.25) is 0 Å². The molecule has 2 aromatic carbocycles. The van der Waals surface area contributed by atoms with E-state index in [1.165, 1.54) is 0 Å². The van der Waals surface area contributed by atoms with E-state index < -0.39 is 17.7 Å². The smallest absolute Gasteiger partial charge is 0.295 e. The highest BCUT2D eigenvalue weighted by atomic mass is 16.5. The van der Waals surface area contributed by atoms with Crippen LogP contribution >= 0.6 is 0 Å². The van der Waals surface area contributed by atoms with Crippen LogP contribution in [0.1, 0.15) is 62.4 Å². The van der Waals surface area contributed by atoms with Gasteiger partial charge in [0.25, 0.3) is 11.7 Å². The van der Waals surface area contributed by atoms with E-state index in [0.717, 1.165) is 28.9 Å². The first-order valence-corrected chi connectivity index (χ1v) is 12.8. The lowest BCUT2D eigenvalue weighted by molar-refractivity contribution is -0.139. The lowest BCUT2D eigenvalue weighted by atomic mass is 9.85. The van der Waals surface area contributed by atoms with Gasteiger partial charge in [-0.1, -0.05) is 45.0 Å². The Morgan fingerprint density at radius 2 is 1.86 bits per heavy atom. The number of hydrogen-bond donors (Lipinski definition) is 1. The Morgan fingerprint density at radius 3 is 2.54 bits per heavy atom. The predicted molar refractivity (Wildman–Crippen MR) is 141 cm³/mol. The van der Waals surface area contributed by atoms with Crippen LogP contribution in [0.25, 0.3) is 5.76 Å². The summed E-state index contributed by atoms with van der Waals surface area (Å²) >= 11 is 0. The molecule has 2 aliphatic heterocycles. The van der Waals surface area contributed by atoms with Crippen LogP contribution in [0.3, 0.4) is 0 Å². The average Bonchev–Trinajstić information content (AvgIpc) is 3.57. The molecule has 0 spiro atoms. The molecule has 0 saturated carbocycles. The number of benzene rings is 2. The number of aryl methyl sites for hydroxylation is 1. The topological polar surface area (TPSA) is 84.7 Å². The van der Waals surface area contributed by atoms with E-state index >= 15 is 0 Å². The van der Waals surface area contributed by atoms with Gasteiger partial charge in [0.05, 0.1) is 17.9 Å². The van der Waals surface area contributed by atoms with Gasteiger partial charge >= 0.3 is 0 Å². The molecule has 0 aliphatic carbocycles. The largest absolute Gasteiger partial charge is 0.507 e. The van der Waals surface area contributed by atoms with Crippen molar-refractivity contribution in [3.8, 4) is 5.75 Å². The highest BCUT2D eigenvalue weighted by Crippen LogP contribution is 2.41. The van der Waals surface area contributed by atoms with Crippen LogP contribution in [-0.2, 0) is 28.0 Å². The Bertz CT molecular complexity index is 1350. The van der Waals surface area contributed by atoms with Crippen molar-refractivity contribution in [2.24, 2.45) is 0 Å². The normalized spacial score (nSPS) is 20.8. The van der Waals surface area contributed by atoms with Gasteiger partial charge in [-0.05, 0) is 53.6 Å². The zero-order chi connectivity index (χ0) is 26.3. The van der Waals surface area contributed by atoms with E-state index in [2.05, 4.69) is 25.8 Å². The van der Waals surface area contributed by atoms with E-state index in [-0.39, 0.29) is 22.9 Å². The molecule has 192 valence electrons. The van der Waals surface area contributed by atoms with E-state index in [1.807, 2.05) is 54.1 Å².